The molecular weight excluding hydrogens is 324 g/mol. The van der Waals surface area contributed by atoms with E-state index in [0.717, 1.165) is 17.6 Å². The van der Waals surface area contributed by atoms with E-state index >= 15 is 0 Å². The lowest BCUT2D eigenvalue weighted by molar-refractivity contribution is 0.102. The maximum atomic E-state index is 12.6. The molecule has 4 aromatic rings. The first kappa shape index (κ1) is 16.3. The largest absolute Gasteiger partial charge is 0.341 e. The number of amides is 1. The van der Waals surface area contributed by atoms with E-state index in [4.69, 9.17) is 0 Å². The molecule has 1 amide bonds. The second kappa shape index (κ2) is 6.26. The van der Waals surface area contributed by atoms with Crippen LogP contribution in [-0.4, -0.2) is 20.4 Å². The maximum absolute atomic E-state index is 12.6. The van der Waals surface area contributed by atoms with Crippen molar-refractivity contribution in [2.45, 2.75) is 27.3 Å². The summed E-state index contributed by atoms with van der Waals surface area (Å²) in [6, 6.07) is 14.4. The Morgan fingerprint density at radius 3 is 2.62 bits per heavy atom. The first-order chi connectivity index (χ1) is 12.6. The number of para-hydroxylation sites is 1. The lowest BCUT2D eigenvalue weighted by Crippen LogP contribution is -2.15. The molecule has 2 heterocycles. The van der Waals surface area contributed by atoms with Crippen LogP contribution < -0.4 is 5.32 Å². The van der Waals surface area contributed by atoms with Gasteiger partial charge in [0, 0.05) is 40.2 Å². The second-order valence-electron chi connectivity index (χ2n) is 6.36. The van der Waals surface area contributed by atoms with Crippen LogP contribution in [0.5, 0.6) is 0 Å². The first-order valence-corrected chi connectivity index (χ1v) is 8.71. The minimum absolute atomic E-state index is 0.193. The van der Waals surface area contributed by atoms with Crippen LogP contribution >= 0.6 is 0 Å². The summed E-state index contributed by atoms with van der Waals surface area (Å²) in [5, 5.41) is 5.30. The Morgan fingerprint density at radius 2 is 1.85 bits per heavy atom. The average Bonchev–Trinajstić information content (AvgIpc) is 2.94. The highest BCUT2D eigenvalue weighted by Crippen LogP contribution is 2.31. The van der Waals surface area contributed by atoms with Gasteiger partial charge in [-0.2, -0.15) is 0 Å². The topological polar surface area (TPSA) is 59.8 Å². The van der Waals surface area contributed by atoms with E-state index in [-0.39, 0.29) is 5.91 Å². The summed E-state index contributed by atoms with van der Waals surface area (Å²) in [4.78, 5) is 21.0. The molecule has 2 aromatic heterocycles. The number of anilines is 1. The summed E-state index contributed by atoms with van der Waals surface area (Å²) in [6.45, 7) is 6.67. The average molecular weight is 344 g/mol. The Bertz CT molecular complexity index is 1140. The van der Waals surface area contributed by atoms with Crippen molar-refractivity contribution in [3.8, 4) is 0 Å². The minimum atomic E-state index is -0.193. The van der Waals surface area contributed by atoms with Gasteiger partial charge >= 0.3 is 0 Å². The van der Waals surface area contributed by atoms with E-state index in [9.17, 15) is 4.79 Å². The zero-order chi connectivity index (χ0) is 18.3. The van der Waals surface area contributed by atoms with Crippen LogP contribution in [0.25, 0.3) is 21.8 Å². The van der Waals surface area contributed by atoms with Crippen LogP contribution in [0.15, 0.2) is 48.7 Å². The Hall–Kier alpha value is -3.21. The van der Waals surface area contributed by atoms with Crippen molar-refractivity contribution in [2.75, 3.05) is 5.32 Å². The summed E-state index contributed by atoms with van der Waals surface area (Å²) in [5.74, 6) is 0.467. The predicted octanol–water partition coefficient (Wildman–Crippen LogP) is 4.47. The van der Waals surface area contributed by atoms with Gasteiger partial charge in [0.1, 0.15) is 5.82 Å². The number of aromatic nitrogens is 3. The van der Waals surface area contributed by atoms with Crippen LogP contribution in [0.2, 0.25) is 0 Å². The summed E-state index contributed by atoms with van der Waals surface area (Å²) in [6.07, 6.45) is 1.58. The van der Waals surface area contributed by atoms with E-state index in [0.29, 0.717) is 17.1 Å². The third-order valence-corrected chi connectivity index (χ3v) is 4.69. The molecule has 2 aromatic carbocycles. The normalized spacial score (nSPS) is 11.2. The fraction of sp³-hybridized carbons (Fsp3) is 0.190. The third kappa shape index (κ3) is 2.62. The minimum Gasteiger partial charge on any atom is -0.341 e. The first-order valence-electron chi connectivity index (χ1n) is 8.71. The van der Waals surface area contributed by atoms with Gasteiger partial charge < -0.3 is 9.88 Å². The standard InChI is InChI=1S/C21H20N4O/c1-4-25-19-8-6-5-7-16(19)17-11-15(9-10-20(17)25)24-21(26)18-12-22-14(3)23-13(18)2/h5-12H,4H2,1-3H3,(H,24,26). The highest BCUT2D eigenvalue weighted by Gasteiger charge is 2.13. The molecule has 0 radical (unpaired) electrons. The fourth-order valence-corrected chi connectivity index (χ4v) is 3.48. The maximum Gasteiger partial charge on any atom is 0.259 e. The smallest absolute Gasteiger partial charge is 0.259 e. The van der Waals surface area contributed by atoms with E-state index in [2.05, 4.69) is 51.0 Å². The van der Waals surface area contributed by atoms with Crippen molar-refractivity contribution in [3.05, 3.63) is 65.7 Å². The van der Waals surface area contributed by atoms with Gasteiger partial charge in [-0.1, -0.05) is 18.2 Å². The van der Waals surface area contributed by atoms with E-state index in [1.165, 1.54) is 16.4 Å². The molecule has 0 unspecified atom stereocenters. The lowest BCUT2D eigenvalue weighted by Gasteiger charge is -2.08. The van der Waals surface area contributed by atoms with Gasteiger partial charge in [-0.3, -0.25) is 4.79 Å². The number of nitrogens with one attached hydrogen (secondary N) is 1. The van der Waals surface area contributed by atoms with Gasteiger partial charge in [0.2, 0.25) is 0 Å². The Morgan fingerprint density at radius 1 is 1.08 bits per heavy atom. The molecule has 4 rings (SSSR count). The monoisotopic (exact) mass is 344 g/mol. The predicted molar refractivity (Wildman–Crippen MR) is 105 cm³/mol. The van der Waals surface area contributed by atoms with Gasteiger partial charge in [-0.15, -0.1) is 0 Å². The lowest BCUT2D eigenvalue weighted by atomic mass is 10.1. The number of fused-ring (bicyclic) bond motifs is 3. The number of carbonyl (C=O) groups is 1. The van der Waals surface area contributed by atoms with Crippen molar-refractivity contribution in [1.82, 2.24) is 14.5 Å². The number of carbonyl (C=O) groups excluding carboxylic acids is 1. The quantitative estimate of drug-likeness (QED) is 0.596. The molecule has 0 aliphatic rings. The number of benzene rings is 2. The van der Waals surface area contributed by atoms with Gasteiger partial charge in [0.15, 0.2) is 0 Å². The molecular formula is C21H20N4O. The summed E-state index contributed by atoms with van der Waals surface area (Å²) in [5.41, 5.74) is 4.31. The van der Waals surface area contributed by atoms with Crippen molar-refractivity contribution in [1.29, 1.82) is 0 Å². The molecule has 0 fully saturated rings. The number of aryl methyl sites for hydroxylation is 3. The fourth-order valence-electron chi connectivity index (χ4n) is 3.48. The van der Waals surface area contributed by atoms with E-state index < -0.39 is 0 Å². The molecule has 0 spiro atoms. The Labute approximate surface area is 151 Å². The highest BCUT2D eigenvalue weighted by molar-refractivity contribution is 6.11. The number of nitrogens with zero attached hydrogens (tertiary/aromatic N) is 3. The molecule has 0 saturated carbocycles. The van der Waals surface area contributed by atoms with Crippen LogP contribution in [-0.2, 0) is 6.54 Å². The molecule has 26 heavy (non-hydrogen) atoms. The Kier molecular flexibility index (Phi) is 3.92. The van der Waals surface area contributed by atoms with Gasteiger partial charge in [-0.05, 0) is 45.0 Å². The molecule has 0 aliphatic heterocycles. The molecule has 0 bridgehead atoms. The van der Waals surface area contributed by atoms with Gasteiger partial charge in [0.25, 0.3) is 5.91 Å². The second-order valence-corrected chi connectivity index (χ2v) is 6.36. The van der Waals surface area contributed by atoms with Crippen LogP contribution in [0, 0.1) is 13.8 Å². The van der Waals surface area contributed by atoms with Crippen LogP contribution in [0.3, 0.4) is 0 Å². The highest BCUT2D eigenvalue weighted by atomic mass is 16.1. The van der Waals surface area contributed by atoms with Crippen molar-refractivity contribution in [2.24, 2.45) is 0 Å². The number of hydrogen-bond acceptors (Lipinski definition) is 3. The molecule has 0 saturated heterocycles. The molecule has 0 aliphatic carbocycles. The molecule has 5 nitrogen and oxygen atoms in total. The SMILES string of the molecule is CCn1c2ccccc2c2cc(NC(=O)c3cnc(C)nc3C)ccc21. The molecule has 1 N–H and O–H groups in total. The van der Waals surface area contributed by atoms with Crippen molar-refractivity contribution >= 4 is 33.4 Å². The Balaban J connectivity index is 1.76. The van der Waals surface area contributed by atoms with E-state index in [1.54, 1.807) is 6.20 Å². The summed E-state index contributed by atoms with van der Waals surface area (Å²) in [7, 11) is 0. The van der Waals surface area contributed by atoms with E-state index in [1.807, 2.05) is 32.0 Å². The molecule has 130 valence electrons. The van der Waals surface area contributed by atoms with Crippen LogP contribution in [0.1, 0.15) is 28.8 Å². The van der Waals surface area contributed by atoms with Crippen molar-refractivity contribution in [3.63, 3.8) is 0 Å². The molecule has 0 atom stereocenters. The zero-order valence-electron chi connectivity index (χ0n) is 15.1. The van der Waals surface area contributed by atoms with Crippen LogP contribution in [0.4, 0.5) is 5.69 Å². The molecule has 5 heteroatoms. The number of rotatable bonds is 3. The zero-order valence-corrected chi connectivity index (χ0v) is 15.1. The van der Waals surface area contributed by atoms with Crippen molar-refractivity contribution < 1.29 is 4.79 Å². The van der Waals surface area contributed by atoms with Gasteiger partial charge in [-0.25, -0.2) is 9.97 Å². The summed E-state index contributed by atoms with van der Waals surface area (Å²) < 4.78 is 2.29. The van der Waals surface area contributed by atoms with Gasteiger partial charge in [0.05, 0.1) is 11.3 Å². The third-order valence-electron chi connectivity index (χ3n) is 4.69. The number of hydrogen-bond donors (Lipinski definition) is 1. The summed E-state index contributed by atoms with van der Waals surface area (Å²) >= 11 is 0.